The molecule has 144 valence electrons. The zero-order chi connectivity index (χ0) is 19.2. The van der Waals surface area contributed by atoms with Crippen LogP contribution in [0.2, 0.25) is 0 Å². The molecule has 0 unspecified atom stereocenters. The Morgan fingerprint density at radius 1 is 1.00 bits per heavy atom. The number of rotatable bonds is 6. The molecule has 0 aromatic heterocycles. The number of amides is 1. The van der Waals surface area contributed by atoms with Crippen LogP contribution in [-0.2, 0) is 24.4 Å². The summed E-state index contributed by atoms with van der Waals surface area (Å²) < 4.78 is 0. The van der Waals surface area contributed by atoms with E-state index in [1.54, 1.807) is 0 Å². The van der Waals surface area contributed by atoms with Crippen LogP contribution in [0.1, 0.15) is 47.6 Å². The molecule has 27 heavy (non-hydrogen) atoms. The van der Waals surface area contributed by atoms with Gasteiger partial charge in [-0.1, -0.05) is 48.5 Å². The van der Waals surface area contributed by atoms with Crippen molar-refractivity contribution in [3.05, 3.63) is 70.8 Å². The standard InChI is InChI=1S/C23H30N2O2/c1-24(2)16-19-10-12-21(13-11-19)22-5-3-4-14-25(22)23(27)15-18-6-8-20(17-26)9-7-18/h6-13,22,26H,3-5,14-17H2,1-2H3/t22-/m1/s1. The number of carbonyl (C=O) groups excluding carboxylic acids is 1. The van der Waals surface area contributed by atoms with Gasteiger partial charge in [0.15, 0.2) is 0 Å². The van der Waals surface area contributed by atoms with Gasteiger partial charge in [-0.25, -0.2) is 0 Å². The fourth-order valence-electron chi connectivity index (χ4n) is 3.83. The Morgan fingerprint density at radius 3 is 2.26 bits per heavy atom. The van der Waals surface area contributed by atoms with E-state index in [0.29, 0.717) is 6.42 Å². The number of carbonyl (C=O) groups is 1. The molecule has 1 N–H and O–H groups in total. The van der Waals surface area contributed by atoms with E-state index in [2.05, 4.69) is 48.2 Å². The summed E-state index contributed by atoms with van der Waals surface area (Å²) in [6, 6.07) is 16.6. The van der Waals surface area contributed by atoms with E-state index in [-0.39, 0.29) is 18.6 Å². The lowest BCUT2D eigenvalue weighted by Crippen LogP contribution is -2.39. The van der Waals surface area contributed by atoms with E-state index in [0.717, 1.165) is 37.1 Å². The van der Waals surface area contributed by atoms with Gasteiger partial charge in [-0.3, -0.25) is 4.79 Å². The number of hydrogen-bond donors (Lipinski definition) is 1. The fraction of sp³-hybridized carbons (Fsp3) is 0.435. The quantitative estimate of drug-likeness (QED) is 0.850. The summed E-state index contributed by atoms with van der Waals surface area (Å²) in [4.78, 5) is 17.2. The van der Waals surface area contributed by atoms with Crippen molar-refractivity contribution in [2.75, 3.05) is 20.6 Å². The molecule has 0 aliphatic carbocycles. The van der Waals surface area contributed by atoms with Gasteiger partial charge in [0, 0.05) is 13.1 Å². The summed E-state index contributed by atoms with van der Waals surface area (Å²) in [5.41, 5.74) is 4.41. The van der Waals surface area contributed by atoms with Crippen molar-refractivity contribution in [1.29, 1.82) is 0 Å². The molecule has 1 saturated heterocycles. The van der Waals surface area contributed by atoms with Crippen molar-refractivity contribution >= 4 is 5.91 Å². The first kappa shape index (κ1) is 19.6. The highest BCUT2D eigenvalue weighted by atomic mass is 16.3. The number of likely N-dealkylation sites (tertiary alicyclic amines) is 1. The van der Waals surface area contributed by atoms with E-state index < -0.39 is 0 Å². The van der Waals surface area contributed by atoms with Gasteiger partial charge in [0.1, 0.15) is 0 Å². The van der Waals surface area contributed by atoms with Gasteiger partial charge >= 0.3 is 0 Å². The van der Waals surface area contributed by atoms with E-state index in [1.807, 2.05) is 24.3 Å². The van der Waals surface area contributed by atoms with Gasteiger partial charge in [0.25, 0.3) is 0 Å². The summed E-state index contributed by atoms with van der Waals surface area (Å²) in [7, 11) is 4.14. The molecule has 2 aromatic rings. The van der Waals surface area contributed by atoms with Crippen molar-refractivity contribution in [3.63, 3.8) is 0 Å². The molecule has 1 aliphatic heterocycles. The van der Waals surface area contributed by atoms with Crippen LogP contribution in [0.3, 0.4) is 0 Å². The van der Waals surface area contributed by atoms with Gasteiger partial charge in [-0.05, 0) is 55.6 Å². The highest BCUT2D eigenvalue weighted by molar-refractivity contribution is 5.79. The Kier molecular flexibility index (Phi) is 6.64. The Morgan fingerprint density at radius 2 is 1.63 bits per heavy atom. The van der Waals surface area contributed by atoms with Crippen molar-refractivity contribution < 1.29 is 9.90 Å². The minimum atomic E-state index is 0.0340. The van der Waals surface area contributed by atoms with Crippen LogP contribution in [0, 0.1) is 0 Å². The Bertz CT molecular complexity index is 738. The second-order valence-electron chi connectivity index (χ2n) is 7.73. The number of aliphatic hydroxyl groups is 1. The molecular weight excluding hydrogens is 336 g/mol. The smallest absolute Gasteiger partial charge is 0.227 e. The highest BCUT2D eigenvalue weighted by Crippen LogP contribution is 2.31. The van der Waals surface area contributed by atoms with E-state index >= 15 is 0 Å². The molecule has 0 saturated carbocycles. The third-order valence-corrected chi connectivity index (χ3v) is 5.25. The maximum atomic E-state index is 13.0. The van der Waals surface area contributed by atoms with Gasteiger partial charge in [0.2, 0.25) is 5.91 Å². The summed E-state index contributed by atoms with van der Waals surface area (Å²) in [6.07, 6.45) is 3.69. The topological polar surface area (TPSA) is 43.8 Å². The van der Waals surface area contributed by atoms with E-state index in [4.69, 9.17) is 5.11 Å². The molecule has 1 aliphatic rings. The van der Waals surface area contributed by atoms with E-state index in [9.17, 15) is 4.79 Å². The van der Waals surface area contributed by atoms with Crippen LogP contribution in [0.5, 0.6) is 0 Å². The largest absolute Gasteiger partial charge is 0.392 e. The molecule has 4 nitrogen and oxygen atoms in total. The monoisotopic (exact) mass is 366 g/mol. The maximum absolute atomic E-state index is 13.0. The van der Waals surface area contributed by atoms with Crippen molar-refractivity contribution in [2.24, 2.45) is 0 Å². The number of nitrogens with zero attached hydrogens (tertiary/aromatic N) is 2. The molecule has 4 heteroatoms. The third kappa shape index (κ3) is 5.18. The second kappa shape index (κ2) is 9.16. The van der Waals surface area contributed by atoms with Crippen LogP contribution in [-0.4, -0.2) is 41.5 Å². The fourth-order valence-corrected chi connectivity index (χ4v) is 3.83. The first-order chi connectivity index (χ1) is 13.1. The molecule has 1 fully saturated rings. The molecule has 2 aromatic carbocycles. The SMILES string of the molecule is CN(C)Cc1ccc([C@H]2CCCCN2C(=O)Cc2ccc(CO)cc2)cc1. The van der Waals surface area contributed by atoms with Crippen molar-refractivity contribution in [2.45, 2.75) is 44.9 Å². The Balaban J connectivity index is 1.71. The molecule has 3 rings (SSSR count). The lowest BCUT2D eigenvalue weighted by molar-refractivity contribution is -0.134. The Labute approximate surface area is 162 Å². The van der Waals surface area contributed by atoms with Crippen molar-refractivity contribution in [1.82, 2.24) is 9.80 Å². The number of hydrogen-bond acceptors (Lipinski definition) is 3. The minimum Gasteiger partial charge on any atom is -0.392 e. The van der Waals surface area contributed by atoms with Crippen LogP contribution in [0.15, 0.2) is 48.5 Å². The summed E-state index contributed by atoms with van der Waals surface area (Å²) in [5, 5.41) is 9.16. The zero-order valence-electron chi connectivity index (χ0n) is 16.4. The van der Waals surface area contributed by atoms with Crippen molar-refractivity contribution in [3.8, 4) is 0 Å². The average molecular weight is 367 g/mol. The first-order valence-corrected chi connectivity index (χ1v) is 9.78. The van der Waals surface area contributed by atoms with Gasteiger partial charge in [0.05, 0.1) is 19.1 Å². The first-order valence-electron chi connectivity index (χ1n) is 9.78. The van der Waals surface area contributed by atoms with Crippen LogP contribution < -0.4 is 0 Å². The predicted molar refractivity (Wildman–Crippen MR) is 108 cm³/mol. The average Bonchev–Trinajstić information content (AvgIpc) is 2.69. The van der Waals surface area contributed by atoms with Gasteiger partial charge in [-0.15, -0.1) is 0 Å². The molecule has 1 atom stereocenters. The minimum absolute atomic E-state index is 0.0340. The number of piperidine rings is 1. The highest BCUT2D eigenvalue weighted by Gasteiger charge is 2.27. The molecule has 1 amide bonds. The second-order valence-corrected chi connectivity index (χ2v) is 7.73. The maximum Gasteiger partial charge on any atom is 0.227 e. The van der Waals surface area contributed by atoms with Crippen LogP contribution in [0.4, 0.5) is 0 Å². The molecule has 0 bridgehead atoms. The molecule has 0 radical (unpaired) electrons. The summed E-state index contributed by atoms with van der Waals surface area (Å²) in [5.74, 6) is 0.189. The number of aliphatic hydroxyl groups excluding tert-OH is 1. The molecule has 1 heterocycles. The molecule has 0 spiro atoms. The third-order valence-electron chi connectivity index (χ3n) is 5.25. The normalized spacial score (nSPS) is 17.3. The van der Waals surface area contributed by atoms with E-state index in [1.165, 1.54) is 17.5 Å². The number of benzene rings is 2. The van der Waals surface area contributed by atoms with Crippen LogP contribution in [0.25, 0.3) is 0 Å². The predicted octanol–water partition coefficient (Wildman–Crippen LogP) is 3.54. The Hall–Kier alpha value is -2.17. The van der Waals surface area contributed by atoms with Gasteiger partial charge in [-0.2, -0.15) is 0 Å². The van der Waals surface area contributed by atoms with Gasteiger partial charge < -0.3 is 14.9 Å². The summed E-state index contributed by atoms with van der Waals surface area (Å²) in [6.45, 7) is 1.79. The lowest BCUT2D eigenvalue weighted by Gasteiger charge is -2.36. The lowest BCUT2D eigenvalue weighted by atomic mass is 9.93. The zero-order valence-corrected chi connectivity index (χ0v) is 16.4. The summed E-state index contributed by atoms with van der Waals surface area (Å²) >= 11 is 0. The molecular formula is C23H30N2O2. The van der Waals surface area contributed by atoms with Crippen LogP contribution >= 0.6 is 0 Å².